The zero-order valence-electron chi connectivity index (χ0n) is 36.2. The zero-order chi connectivity index (χ0) is 40.0. The highest BCUT2D eigenvalue weighted by atomic mass is 31.2. The Morgan fingerprint density at radius 3 is 1.50 bits per heavy atom. The highest BCUT2D eigenvalue weighted by Gasteiger charge is 2.23. The van der Waals surface area contributed by atoms with Gasteiger partial charge in [-0.15, -0.1) is 0 Å². The van der Waals surface area contributed by atoms with Crippen molar-refractivity contribution in [2.75, 3.05) is 40.9 Å². The summed E-state index contributed by atoms with van der Waals surface area (Å²) in [4.78, 5) is 25.2. The molecule has 0 bridgehead atoms. The van der Waals surface area contributed by atoms with E-state index < -0.39 is 20.0 Å². The summed E-state index contributed by atoms with van der Waals surface area (Å²) in [6, 6.07) is -0.888. The van der Waals surface area contributed by atoms with Crippen LogP contribution in [0.15, 0.2) is 24.3 Å². The smallest absolute Gasteiger partial charge is 0.268 e. The van der Waals surface area contributed by atoms with Crippen LogP contribution >= 0.6 is 7.82 Å². The van der Waals surface area contributed by atoms with Gasteiger partial charge in [0.05, 0.1) is 39.9 Å². The van der Waals surface area contributed by atoms with Gasteiger partial charge in [0.25, 0.3) is 7.82 Å². The minimum atomic E-state index is -4.58. The van der Waals surface area contributed by atoms with Gasteiger partial charge in [0.2, 0.25) is 5.91 Å². The zero-order valence-corrected chi connectivity index (χ0v) is 37.1. The molecule has 0 aromatic carbocycles. The second-order valence-electron chi connectivity index (χ2n) is 16.8. The largest absolute Gasteiger partial charge is 0.756 e. The molecule has 320 valence electrons. The van der Waals surface area contributed by atoms with Gasteiger partial charge >= 0.3 is 0 Å². The van der Waals surface area contributed by atoms with Crippen molar-refractivity contribution in [1.82, 2.24) is 5.32 Å². The van der Waals surface area contributed by atoms with Crippen molar-refractivity contribution >= 4 is 13.7 Å². The van der Waals surface area contributed by atoms with Crippen LogP contribution < -0.4 is 10.2 Å². The van der Waals surface area contributed by atoms with E-state index in [9.17, 15) is 19.4 Å². The molecule has 0 aromatic heterocycles. The maximum Gasteiger partial charge on any atom is 0.268 e. The molecule has 9 heteroatoms. The molecule has 1 amide bonds. The van der Waals surface area contributed by atoms with E-state index >= 15 is 0 Å². The molecule has 0 aliphatic carbocycles. The fourth-order valence-electron chi connectivity index (χ4n) is 6.49. The molecule has 54 heavy (non-hydrogen) atoms. The van der Waals surface area contributed by atoms with Crippen molar-refractivity contribution < 1.29 is 32.9 Å². The molecule has 3 unspecified atom stereocenters. The highest BCUT2D eigenvalue weighted by Crippen LogP contribution is 2.38. The van der Waals surface area contributed by atoms with Gasteiger partial charge in [0.1, 0.15) is 13.2 Å². The van der Waals surface area contributed by atoms with Crippen molar-refractivity contribution in [3.8, 4) is 0 Å². The first-order valence-electron chi connectivity index (χ1n) is 22.7. The van der Waals surface area contributed by atoms with Crippen LogP contribution in [-0.4, -0.2) is 68.5 Å². The number of carbonyl (C=O) groups excluding carboxylic acids is 1. The number of likely N-dealkylation sites (N-methyl/N-ethyl adjacent to an activating group) is 1. The molecule has 0 spiro atoms. The van der Waals surface area contributed by atoms with Crippen LogP contribution in [0, 0.1) is 0 Å². The predicted octanol–water partition coefficient (Wildman–Crippen LogP) is 11.9. The molecule has 0 rings (SSSR count). The standard InChI is InChI=1S/C45H89N2O6P/c1-6-8-10-12-14-16-18-19-20-21-22-23-24-25-26-27-28-29-30-32-34-36-38-44(48)43(42-53-54(50,51)52-41-40-47(3,4)5)46-45(49)39-37-35-33-31-17-15-13-11-9-7-2/h13,15,36,38,43-44,48H,6-12,14,16-35,37,39-42H2,1-5H3,(H-,46,49,50,51)/b15-13-,38-36+. The third kappa shape index (κ3) is 39.2. The number of hydrogen-bond acceptors (Lipinski definition) is 6. The SMILES string of the molecule is CCCC/C=C\CCCCCCC(=O)NC(COP(=O)([O-])OCC[N+](C)(C)C)C(O)/C=C/CCCCCCCCCCCCCCCCCCCCCC. The van der Waals surface area contributed by atoms with Crippen molar-refractivity contribution in [3.05, 3.63) is 24.3 Å². The number of amides is 1. The number of aliphatic hydroxyl groups is 1. The first-order chi connectivity index (χ1) is 26.0. The minimum Gasteiger partial charge on any atom is -0.756 e. The van der Waals surface area contributed by atoms with Crippen molar-refractivity contribution in [2.24, 2.45) is 0 Å². The van der Waals surface area contributed by atoms with Crippen LogP contribution in [-0.2, 0) is 18.4 Å². The van der Waals surface area contributed by atoms with E-state index in [1.807, 2.05) is 27.2 Å². The summed E-state index contributed by atoms with van der Waals surface area (Å²) in [5.74, 6) is -0.212. The third-order valence-corrected chi connectivity index (χ3v) is 11.1. The quantitative estimate of drug-likeness (QED) is 0.0277. The first kappa shape index (κ1) is 53.0. The number of hydrogen-bond donors (Lipinski definition) is 2. The van der Waals surface area contributed by atoms with Crippen LogP contribution in [0.5, 0.6) is 0 Å². The number of aliphatic hydroxyl groups excluding tert-OH is 1. The number of quaternary nitrogens is 1. The van der Waals surface area contributed by atoms with Crippen LogP contribution in [0.1, 0.15) is 206 Å². The Morgan fingerprint density at radius 2 is 1.04 bits per heavy atom. The average molecular weight is 785 g/mol. The molecule has 2 N–H and O–H groups in total. The van der Waals surface area contributed by atoms with E-state index in [4.69, 9.17) is 9.05 Å². The normalized spacial score (nSPS) is 14.6. The molecule has 0 saturated carbocycles. The summed E-state index contributed by atoms with van der Waals surface area (Å²) in [6.07, 6.45) is 43.8. The Morgan fingerprint density at radius 1 is 0.630 bits per heavy atom. The van der Waals surface area contributed by atoms with Gasteiger partial charge < -0.3 is 28.8 Å². The molecule has 0 heterocycles. The van der Waals surface area contributed by atoms with Gasteiger partial charge in [0, 0.05) is 6.42 Å². The molecule has 8 nitrogen and oxygen atoms in total. The van der Waals surface area contributed by atoms with E-state index in [1.54, 1.807) is 6.08 Å². The maximum atomic E-state index is 12.8. The van der Waals surface area contributed by atoms with Gasteiger partial charge in [-0.25, -0.2) is 0 Å². The lowest BCUT2D eigenvalue weighted by Crippen LogP contribution is -2.45. The van der Waals surface area contributed by atoms with Crippen LogP contribution in [0.2, 0.25) is 0 Å². The number of unbranched alkanes of at least 4 members (excludes halogenated alkanes) is 26. The summed E-state index contributed by atoms with van der Waals surface area (Å²) < 4.78 is 23.1. The minimum absolute atomic E-state index is 0.00222. The molecule has 0 saturated heterocycles. The molecule has 0 aliphatic rings. The Kier molecular flexibility index (Phi) is 36.8. The molecular formula is C45H89N2O6P. The molecule has 0 aliphatic heterocycles. The number of rotatable bonds is 41. The summed E-state index contributed by atoms with van der Waals surface area (Å²) in [5.41, 5.74) is 0. The highest BCUT2D eigenvalue weighted by molar-refractivity contribution is 7.45. The van der Waals surface area contributed by atoms with Crippen LogP contribution in [0.25, 0.3) is 0 Å². The molecule has 0 aromatic rings. The Hall–Kier alpha value is -1.02. The Bertz CT molecular complexity index is 938. The van der Waals surface area contributed by atoms with Crippen LogP contribution in [0.4, 0.5) is 0 Å². The number of nitrogens with one attached hydrogen (secondary N) is 1. The van der Waals surface area contributed by atoms with Crippen LogP contribution in [0.3, 0.4) is 0 Å². The summed E-state index contributed by atoms with van der Waals surface area (Å²) >= 11 is 0. The van der Waals surface area contributed by atoms with E-state index in [0.29, 0.717) is 17.4 Å². The predicted molar refractivity (Wildman–Crippen MR) is 228 cm³/mol. The van der Waals surface area contributed by atoms with Crippen molar-refractivity contribution in [2.45, 2.75) is 219 Å². The van der Waals surface area contributed by atoms with Crippen molar-refractivity contribution in [1.29, 1.82) is 0 Å². The monoisotopic (exact) mass is 785 g/mol. The summed E-state index contributed by atoms with van der Waals surface area (Å²) in [5, 5.41) is 13.7. The second kappa shape index (κ2) is 37.6. The number of nitrogens with zero attached hydrogens (tertiary/aromatic N) is 1. The third-order valence-electron chi connectivity index (χ3n) is 10.2. The van der Waals surface area contributed by atoms with Gasteiger partial charge in [-0.05, 0) is 38.5 Å². The Labute approximate surface area is 334 Å². The van der Waals surface area contributed by atoms with E-state index in [2.05, 4.69) is 31.3 Å². The number of allylic oxidation sites excluding steroid dienone is 3. The van der Waals surface area contributed by atoms with Crippen molar-refractivity contribution in [3.63, 3.8) is 0 Å². The topological polar surface area (TPSA) is 108 Å². The van der Waals surface area contributed by atoms with Gasteiger partial charge in [-0.1, -0.05) is 186 Å². The van der Waals surface area contributed by atoms with E-state index in [0.717, 1.165) is 57.8 Å². The second-order valence-corrected chi connectivity index (χ2v) is 18.2. The Balaban J connectivity index is 4.29. The maximum absolute atomic E-state index is 12.8. The van der Waals surface area contributed by atoms with E-state index in [-0.39, 0.29) is 19.1 Å². The summed E-state index contributed by atoms with van der Waals surface area (Å²) in [7, 11) is 1.26. The number of phosphoric ester groups is 1. The van der Waals surface area contributed by atoms with Gasteiger partial charge in [-0.3, -0.25) is 9.36 Å². The molecule has 0 fully saturated rings. The molecule has 3 atom stereocenters. The lowest BCUT2D eigenvalue weighted by molar-refractivity contribution is -0.870. The van der Waals surface area contributed by atoms with Gasteiger partial charge in [-0.2, -0.15) is 0 Å². The fourth-order valence-corrected chi connectivity index (χ4v) is 7.21. The first-order valence-corrected chi connectivity index (χ1v) is 24.2. The molecule has 0 radical (unpaired) electrons. The lowest BCUT2D eigenvalue weighted by Gasteiger charge is -2.29. The molecular weight excluding hydrogens is 695 g/mol. The van der Waals surface area contributed by atoms with E-state index in [1.165, 1.54) is 128 Å². The fraction of sp³-hybridized carbons (Fsp3) is 0.889. The number of carbonyl (C=O) groups is 1. The average Bonchev–Trinajstić information content (AvgIpc) is 3.12. The summed E-state index contributed by atoms with van der Waals surface area (Å²) in [6.45, 7) is 4.59. The van der Waals surface area contributed by atoms with Gasteiger partial charge in [0.15, 0.2) is 0 Å². The lowest BCUT2D eigenvalue weighted by atomic mass is 10.0. The number of phosphoric acid groups is 1.